The molecule has 1 unspecified atom stereocenters. The summed E-state index contributed by atoms with van der Waals surface area (Å²) in [6.07, 6.45) is 6.94. The van der Waals surface area contributed by atoms with Gasteiger partial charge in [0.25, 0.3) is 0 Å². The van der Waals surface area contributed by atoms with Gasteiger partial charge in [-0.25, -0.2) is 19.9 Å². The summed E-state index contributed by atoms with van der Waals surface area (Å²) >= 11 is 1.73. The number of aliphatic hydroxyl groups excluding tert-OH is 1. The van der Waals surface area contributed by atoms with Crippen molar-refractivity contribution in [2.75, 3.05) is 43.4 Å². The van der Waals surface area contributed by atoms with Crippen LogP contribution in [-0.2, 0) is 11.3 Å². The minimum absolute atomic E-state index is 0.137. The van der Waals surface area contributed by atoms with Gasteiger partial charge in [-0.15, -0.1) is 11.3 Å². The van der Waals surface area contributed by atoms with Crippen molar-refractivity contribution in [1.29, 1.82) is 0 Å². The summed E-state index contributed by atoms with van der Waals surface area (Å²) in [5, 5.41) is 9.90. The van der Waals surface area contributed by atoms with Crippen molar-refractivity contribution in [1.82, 2.24) is 24.8 Å². The monoisotopic (exact) mass is 427 g/mol. The van der Waals surface area contributed by atoms with Gasteiger partial charge in [0, 0.05) is 42.5 Å². The van der Waals surface area contributed by atoms with Crippen LogP contribution in [0.5, 0.6) is 0 Å². The van der Waals surface area contributed by atoms with Crippen molar-refractivity contribution in [3.05, 3.63) is 35.1 Å². The van der Waals surface area contributed by atoms with E-state index in [1.54, 1.807) is 23.7 Å². The van der Waals surface area contributed by atoms with Gasteiger partial charge >= 0.3 is 0 Å². The molecule has 5 heterocycles. The standard InChI is InChI=1S/C20H25N7O2S/c21-19-22-7-13(8-23-19)17-12-27(4-5-29-17)20-24-9-18-16(25-20)6-15(30-18)11-26-3-1-2-14(28)10-26/h6-9,14,17,28H,1-5,10-12H2,(H2,21,22,23)/t14?,17-/m0/s1. The fourth-order valence-corrected chi connectivity index (χ4v) is 5.07. The maximum atomic E-state index is 9.90. The number of fused-ring (bicyclic) bond motifs is 1. The van der Waals surface area contributed by atoms with Crippen LogP contribution < -0.4 is 10.6 Å². The second kappa shape index (κ2) is 8.38. The van der Waals surface area contributed by atoms with E-state index in [2.05, 4.69) is 30.8 Å². The molecule has 5 rings (SSSR count). The van der Waals surface area contributed by atoms with Crippen molar-refractivity contribution in [3.63, 3.8) is 0 Å². The van der Waals surface area contributed by atoms with Crippen molar-refractivity contribution in [2.45, 2.75) is 31.6 Å². The topological polar surface area (TPSA) is 114 Å². The first-order valence-corrected chi connectivity index (χ1v) is 11.1. The molecule has 2 aliphatic rings. The molecular weight excluding hydrogens is 402 g/mol. The van der Waals surface area contributed by atoms with Crippen LogP contribution in [0.2, 0.25) is 0 Å². The Labute approximate surface area is 178 Å². The zero-order valence-electron chi connectivity index (χ0n) is 16.6. The minimum Gasteiger partial charge on any atom is -0.392 e. The maximum absolute atomic E-state index is 9.90. The second-order valence-electron chi connectivity index (χ2n) is 7.84. The number of hydrogen-bond donors (Lipinski definition) is 2. The smallest absolute Gasteiger partial charge is 0.226 e. The third-order valence-corrected chi connectivity index (χ3v) is 6.63. The largest absolute Gasteiger partial charge is 0.392 e. The number of nitrogen functional groups attached to an aromatic ring is 1. The average Bonchev–Trinajstić information content (AvgIpc) is 3.16. The van der Waals surface area contributed by atoms with Crippen LogP contribution in [0.4, 0.5) is 11.9 Å². The van der Waals surface area contributed by atoms with Crippen LogP contribution in [0.3, 0.4) is 0 Å². The Morgan fingerprint density at radius 2 is 2.03 bits per heavy atom. The van der Waals surface area contributed by atoms with E-state index in [-0.39, 0.29) is 18.2 Å². The number of hydrogen-bond acceptors (Lipinski definition) is 10. The molecule has 0 aliphatic carbocycles. The first-order chi connectivity index (χ1) is 14.6. The third kappa shape index (κ3) is 4.22. The lowest BCUT2D eigenvalue weighted by molar-refractivity contribution is 0.0388. The number of thiophene rings is 1. The first-order valence-electron chi connectivity index (χ1n) is 10.2. The van der Waals surface area contributed by atoms with E-state index in [4.69, 9.17) is 15.5 Å². The molecule has 3 aromatic rings. The molecule has 0 amide bonds. The predicted octanol–water partition coefficient (Wildman–Crippen LogP) is 1.60. The van der Waals surface area contributed by atoms with Crippen LogP contribution >= 0.6 is 11.3 Å². The number of rotatable bonds is 4. The highest BCUT2D eigenvalue weighted by atomic mass is 32.1. The fraction of sp³-hybridized carbons (Fsp3) is 0.500. The quantitative estimate of drug-likeness (QED) is 0.641. The Balaban J connectivity index is 1.31. The van der Waals surface area contributed by atoms with E-state index in [1.807, 2.05) is 6.20 Å². The number of β-amino-alcohol motifs (C(OH)–C–C–N with tert-alkyl or cyclic N) is 1. The molecule has 0 radical (unpaired) electrons. The molecule has 2 atom stereocenters. The van der Waals surface area contributed by atoms with Gasteiger partial charge in [0.1, 0.15) is 6.10 Å². The number of piperidine rings is 1. The molecule has 2 aliphatic heterocycles. The number of nitrogens with two attached hydrogens (primary N) is 1. The van der Waals surface area contributed by atoms with Gasteiger partial charge in [-0.05, 0) is 25.5 Å². The second-order valence-corrected chi connectivity index (χ2v) is 9.01. The highest BCUT2D eigenvalue weighted by Crippen LogP contribution is 2.29. The van der Waals surface area contributed by atoms with Gasteiger partial charge in [-0.3, -0.25) is 4.90 Å². The lowest BCUT2D eigenvalue weighted by Crippen LogP contribution is -2.39. The van der Waals surface area contributed by atoms with Gasteiger partial charge in [0.05, 0.1) is 35.7 Å². The summed E-state index contributed by atoms with van der Waals surface area (Å²) in [5.41, 5.74) is 7.46. The summed E-state index contributed by atoms with van der Waals surface area (Å²) in [5.74, 6) is 0.970. The Morgan fingerprint density at radius 1 is 1.17 bits per heavy atom. The third-order valence-electron chi connectivity index (χ3n) is 5.58. The lowest BCUT2D eigenvalue weighted by atomic mass is 10.1. The molecule has 30 heavy (non-hydrogen) atoms. The molecule has 0 spiro atoms. The van der Waals surface area contributed by atoms with E-state index in [1.165, 1.54) is 4.88 Å². The number of ether oxygens (including phenoxy) is 1. The Kier molecular flexibility index (Phi) is 5.47. The summed E-state index contributed by atoms with van der Waals surface area (Å²) in [6.45, 7) is 4.59. The van der Waals surface area contributed by atoms with Gasteiger partial charge < -0.3 is 20.5 Å². The summed E-state index contributed by atoms with van der Waals surface area (Å²) < 4.78 is 6.98. The van der Waals surface area contributed by atoms with Crippen molar-refractivity contribution in [2.24, 2.45) is 0 Å². The molecule has 2 fully saturated rings. The summed E-state index contributed by atoms with van der Waals surface area (Å²) in [6, 6.07) is 2.15. The van der Waals surface area contributed by atoms with E-state index in [0.29, 0.717) is 19.1 Å². The number of morpholine rings is 1. The number of aromatic nitrogens is 4. The zero-order valence-corrected chi connectivity index (χ0v) is 17.5. The minimum atomic E-state index is -0.208. The molecule has 10 heteroatoms. The van der Waals surface area contributed by atoms with Gasteiger partial charge in [-0.2, -0.15) is 0 Å². The molecule has 2 saturated heterocycles. The van der Waals surface area contributed by atoms with Gasteiger partial charge in [0.2, 0.25) is 11.9 Å². The number of anilines is 2. The van der Waals surface area contributed by atoms with E-state index in [9.17, 15) is 5.11 Å². The van der Waals surface area contributed by atoms with Crippen LogP contribution in [0, 0.1) is 0 Å². The molecule has 3 N–H and O–H groups in total. The normalized spacial score (nSPS) is 23.2. The fourth-order valence-electron chi connectivity index (χ4n) is 4.05. The predicted molar refractivity (Wildman–Crippen MR) is 115 cm³/mol. The Hall–Kier alpha value is -2.40. The molecule has 0 bridgehead atoms. The highest BCUT2D eigenvalue weighted by molar-refractivity contribution is 7.18. The highest BCUT2D eigenvalue weighted by Gasteiger charge is 2.25. The molecular formula is C20H25N7O2S. The van der Waals surface area contributed by atoms with E-state index in [0.717, 1.165) is 54.8 Å². The summed E-state index contributed by atoms with van der Waals surface area (Å²) in [7, 11) is 0. The van der Waals surface area contributed by atoms with Crippen LogP contribution in [0.15, 0.2) is 24.7 Å². The van der Waals surface area contributed by atoms with Crippen LogP contribution in [0.25, 0.3) is 10.2 Å². The average molecular weight is 428 g/mol. The molecule has 158 valence electrons. The number of likely N-dealkylation sites (tertiary alicyclic amines) is 1. The molecule has 0 aromatic carbocycles. The lowest BCUT2D eigenvalue weighted by Gasteiger charge is -2.32. The SMILES string of the molecule is Nc1ncc([C@@H]2CN(c3ncc4sc(CN5CCCC(O)C5)cc4n3)CCO2)cn1. The van der Waals surface area contributed by atoms with Crippen molar-refractivity contribution in [3.8, 4) is 0 Å². The maximum Gasteiger partial charge on any atom is 0.226 e. The molecule has 0 saturated carbocycles. The van der Waals surface area contributed by atoms with Crippen molar-refractivity contribution < 1.29 is 9.84 Å². The number of nitrogens with zero attached hydrogens (tertiary/aromatic N) is 6. The zero-order chi connectivity index (χ0) is 20.5. The van der Waals surface area contributed by atoms with Gasteiger partial charge in [-0.1, -0.05) is 0 Å². The number of aliphatic hydroxyl groups is 1. The van der Waals surface area contributed by atoms with Gasteiger partial charge in [0.15, 0.2) is 0 Å². The molecule has 9 nitrogen and oxygen atoms in total. The Morgan fingerprint density at radius 3 is 2.87 bits per heavy atom. The van der Waals surface area contributed by atoms with Crippen LogP contribution in [-0.4, -0.2) is 68.8 Å². The first kappa shape index (κ1) is 19.6. The Bertz CT molecular complexity index is 1010. The van der Waals surface area contributed by atoms with E-state index >= 15 is 0 Å². The summed E-state index contributed by atoms with van der Waals surface area (Å²) in [4.78, 5) is 23.3. The van der Waals surface area contributed by atoms with E-state index < -0.39 is 0 Å². The van der Waals surface area contributed by atoms with Crippen LogP contribution in [0.1, 0.15) is 29.4 Å². The molecule has 3 aromatic heterocycles. The van der Waals surface area contributed by atoms with Crippen molar-refractivity contribution >= 4 is 33.5 Å².